The van der Waals surface area contributed by atoms with Crippen molar-refractivity contribution in [3.05, 3.63) is 58.5 Å². The molecule has 1 N–H and O–H groups in total. The molecule has 25 heavy (non-hydrogen) atoms. The third-order valence-corrected chi connectivity index (χ3v) is 3.50. The third kappa shape index (κ3) is 2.97. The summed E-state index contributed by atoms with van der Waals surface area (Å²) in [5.74, 6) is -2.70. The van der Waals surface area contributed by atoms with Crippen molar-refractivity contribution in [2.45, 2.75) is 12.7 Å². The molecular formula is C15H9F4N3O3. The van der Waals surface area contributed by atoms with Crippen LogP contribution in [0.25, 0.3) is 16.9 Å². The van der Waals surface area contributed by atoms with Gasteiger partial charge in [0.1, 0.15) is 18.0 Å². The largest absolute Gasteiger partial charge is 0.480 e. The number of aromatic nitrogens is 3. The van der Waals surface area contributed by atoms with Crippen LogP contribution in [0.2, 0.25) is 0 Å². The Kier molecular flexibility index (Phi) is 3.82. The molecule has 6 nitrogen and oxygen atoms in total. The lowest BCUT2D eigenvalue weighted by molar-refractivity contribution is -0.140. The molecule has 2 aromatic heterocycles. The van der Waals surface area contributed by atoms with Gasteiger partial charge in [0, 0.05) is 11.8 Å². The van der Waals surface area contributed by atoms with Gasteiger partial charge in [-0.1, -0.05) is 0 Å². The molecule has 0 fully saturated rings. The van der Waals surface area contributed by atoms with Crippen molar-refractivity contribution in [1.82, 2.24) is 14.0 Å². The van der Waals surface area contributed by atoms with Gasteiger partial charge in [-0.25, -0.2) is 18.6 Å². The van der Waals surface area contributed by atoms with E-state index in [0.29, 0.717) is 12.1 Å². The normalized spacial score (nSPS) is 11.8. The van der Waals surface area contributed by atoms with Gasteiger partial charge in [0.2, 0.25) is 0 Å². The molecule has 3 aromatic rings. The molecule has 0 bridgehead atoms. The standard InChI is InChI=1S/C15H9F4N3O3/c16-10-2-1-8(5-9(10)15(17,18)19)11-6-20-12-3-4-21(7-13(23)24)14(25)22(11)12/h1-6H,7H2,(H,23,24). The second-order valence-corrected chi connectivity index (χ2v) is 5.15. The van der Waals surface area contributed by atoms with Gasteiger partial charge in [-0.05, 0) is 24.3 Å². The highest BCUT2D eigenvalue weighted by Gasteiger charge is 2.34. The van der Waals surface area contributed by atoms with E-state index in [1.54, 1.807) is 0 Å². The monoisotopic (exact) mass is 355 g/mol. The molecular weight excluding hydrogens is 346 g/mol. The van der Waals surface area contributed by atoms with Crippen LogP contribution in [0.1, 0.15) is 5.56 Å². The van der Waals surface area contributed by atoms with Crippen molar-refractivity contribution in [2.24, 2.45) is 0 Å². The molecule has 0 unspecified atom stereocenters. The van der Waals surface area contributed by atoms with Crippen molar-refractivity contribution in [3.8, 4) is 11.3 Å². The number of benzene rings is 1. The molecule has 0 aliphatic rings. The van der Waals surface area contributed by atoms with Crippen molar-refractivity contribution in [1.29, 1.82) is 0 Å². The molecule has 3 rings (SSSR count). The highest BCUT2D eigenvalue weighted by Crippen LogP contribution is 2.34. The smallest absolute Gasteiger partial charge is 0.419 e. The fourth-order valence-electron chi connectivity index (χ4n) is 2.41. The highest BCUT2D eigenvalue weighted by molar-refractivity contribution is 5.67. The van der Waals surface area contributed by atoms with Gasteiger partial charge in [-0.2, -0.15) is 13.2 Å². The lowest BCUT2D eigenvalue weighted by Crippen LogP contribution is -2.29. The third-order valence-electron chi connectivity index (χ3n) is 3.50. The van der Waals surface area contributed by atoms with Crippen LogP contribution in [-0.4, -0.2) is 25.0 Å². The number of rotatable bonds is 3. The predicted octanol–water partition coefficient (Wildman–Crippen LogP) is 2.41. The molecule has 0 spiro atoms. The minimum Gasteiger partial charge on any atom is -0.480 e. The molecule has 10 heteroatoms. The molecule has 0 aliphatic carbocycles. The number of imidazole rings is 1. The Hall–Kier alpha value is -3.17. The Labute approximate surface area is 136 Å². The number of carbonyl (C=O) groups is 1. The number of hydrogen-bond donors (Lipinski definition) is 1. The van der Waals surface area contributed by atoms with Crippen LogP contribution in [0.5, 0.6) is 0 Å². The van der Waals surface area contributed by atoms with Gasteiger partial charge in [0.25, 0.3) is 0 Å². The maximum atomic E-state index is 13.4. The van der Waals surface area contributed by atoms with E-state index in [9.17, 15) is 27.2 Å². The van der Waals surface area contributed by atoms with Gasteiger partial charge >= 0.3 is 17.8 Å². The maximum absolute atomic E-state index is 13.4. The summed E-state index contributed by atoms with van der Waals surface area (Å²) < 4.78 is 53.9. The molecule has 0 saturated heterocycles. The zero-order valence-corrected chi connectivity index (χ0v) is 12.3. The van der Waals surface area contributed by atoms with E-state index in [-0.39, 0.29) is 16.9 Å². The molecule has 0 saturated carbocycles. The van der Waals surface area contributed by atoms with Crippen molar-refractivity contribution >= 4 is 11.6 Å². The van der Waals surface area contributed by atoms with E-state index >= 15 is 0 Å². The second-order valence-electron chi connectivity index (χ2n) is 5.15. The first-order chi connectivity index (χ1) is 11.7. The van der Waals surface area contributed by atoms with E-state index in [0.717, 1.165) is 21.2 Å². The van der Waals surface area contributed by atoms with Gasteiger partial charge < -0.3 is 5.11 Å². The summed E-state index contributed by atoms with van der Waals surface area (Å²) in [5, 5.41) is 8.81. The SMILES string of the molecule is O=C(O)Cn1ccc2ncc(-c3ccc(F)c(C(F)(F)F)c3)n2c1=O. The van der Waals surface area contributed by atoms with Crippen LogP contribution in [0.4, 0.5) is 17.6 Å². The number of nitrogens with zero attached hydrogens (tertiary/aromatic N) is 3. The summed E-state index contributed by atoms with van der Waals surface area (Å²) in [7, 11) is 0. The number of alkyl halides is 3. The molecule has 0 atom stereocenters. The van der Waals surface area contributed by atoms with Crippen molar-refractivity contribution in [2.75, 3.05) is 0 Å². The Morgan fingerprint density at radius 3 is 2.60 bits per heavy atom. The van der Waals surface area contributed by atoms with Gasteiger partial charge in [-0.15, -0.1) is 0 Å². The minimum atomic E-state index is -4.90. The van der Waals surface area contributed by atoms with Gasteiger partial charge in [-0.3, -0.25) is 9.36 Å². The summed E-state index contributed by atoms with van der Waals surface area (Å²) in [5.41, 5.74) is -2.22. The summed E-state index contributed by atoms with van der Waals surface area (Å²) in [4.78, 5) is 27.1. The van der Waals surface area contributed by atoms with E-state index in [4.69, 9.17) is 5.11 Å². The van der Waals surface area contributed by atoms with E-state index in [1.165, 1.54) is 12.3 Å². The Morgan fingerprint density at radius 2 is 1.96 bits per heavy atom. The molecule has 0 radical (unpaired) electrons. The quantitative estimate of drug-likeness (QED) is 0.732. The average Bonchev–Trinajstić information content (AvgIpc) is 2.94. The van der Waals surface area contributed by atoms with Crippen molar-refractivity contribution in [3.63, 3.8) is 0 Å². The molecule has 130 valence electrons. The van der Waals surface area contributed by atoms with Crippen molar-refractivity contribution < 1.29 is 27.5 Å². The minimum absolute atomic E-state index is 0.00904. The van der Waals surface area contributed by atoms with Crippen LogP contribution < -0.4 is 5.69 Å². The van der Waals surface area contributed by atoms with Crippen LogP contribution in [0.15, 0.2) is 41.5 Å². The van der Waals surface area contributed by atoms with E-state index in [2.05, 4.69) is 4.98 Å². The topological polar surface area (TPSA) is 76.6 Å². The van der Waals surface area contributed by atoms with Gasteiger partial charge in [0.15, 0.2) is 0 Å². The number of aliphatic carboxylic acids is 1. The Balaban J connectivity index is 2.23. The average molecular weight is 355 g/mol. The first-order valence-electron chi connectivity index (χ1n) is 6.84. The summed E-state index contributed by atoms with van der Waals surface area (Å²) in [6, 6.07) is 3.66. The van der Waals surface area contributed by atoms with Gasteiger partial charge in [0.05, 0.1) is 17.5 Å². The fourth-order valence-corrected chi connectivity index (χ4v) is 2.41. The lowest BCUT2D eigenvalue weighted by atomic mass is 10.1. The molecule has 0 aliphatic heterocycles. The zero-order chi connectivity index (χ0) is 18.4. The van der Waals surface area contributed by atoms with E-state index < -0.39 is 35.8 Å². The summed E-state index contributed by atoms with van der Waals surface area (Å²) in [6.45, 7) is -0.621. The van der Waals surface area contributed by atoms with Crippen LogP contribution >= 0.6 is 0 Å². The first-order valence-corrected chi connectivity index (χ1v) is 6.84. The number of carboxylic acid groups (broad SMARTS) is 1. The number of hydrogen-bond acceptors (Lipinski definition) is 3. The molecule has 1 aromatic carbocycles. The number of carboxylic acids is 1. The van der Waals surface area contributed by atoms with Crippen LogP contribution in [-0.2, 0) is 17.5 Å². The molecule has 2 heterocycles. The predicted molar refractivity (Wildman–Crippen MR) is 77.5 cm³/mol. The molecule has 0 amide bonds. The van der Waals surface area contributed by atoms with E-state index in [1.807, 2.05) is 0 Å². The Morgan fingerprint density at radius 1 is 1.24 bits per heavy atom. The fraction of sp³-hybridized carbons (Fsp3) is 0.133. The highest BCUT2D eigenvalue weighted by atomic mass is 19.4. The number of fused-ring (bicyclic) bond motifs is 1. The first kappa shape index (κ1) is 16.7. The maximum Gasteiger partial charge on any atom is 0.419 e. The van der Waals surface area contributed by atoms with Crippen LogP contribution in [0.3, 0.4) is 0 Å². The van der Waals surface area contributed by atoms with Crippen LogP contribution in [0, 0.1) is 5.82 Å². The summed E-state index contributed by atoms with van der Waals surface area (Å²) >= 11 is 0. The summed E-state index contributed by atoms with van der Waals surface area (Å²) in [6.07, 6.45) is -2.52. The zero-order valence-electron chi connectivity index (χ0n) is 12.3. The second kappa shape index (κ2) is 5.72. The number of halogens is 4. The lowest BCUT2D eigenvalue weighted by Gasteiger charge is -2.10. The Bertz CT molecular complexity index is 1040.